The predicted molar refractivity (Wildman–Crippen MR) is 66.2 cm³/mol. The number of rotatable bonds is 3. The average Bonchev–Trinajstić information content (AvgIpc) is 2.39. The Morgan fingerprint density at radius 3 is 2.71 bits per heavy atom. The molecule has 2 rings (SSSR count). The van der Waals surface area contributed by atoms with E-state index in [1.54, 1.807) is 12.3 Å². The molecule has 0 aliphatic carbocycles. The number of ketones is 1. The van der Waals surface area contributed by atoms with Crippen LogP contribution in [0, 0.1) is 0 Å². The van der Waals surface area contributed by atoms with Gasteiger partial charge in [-0.15, -0.1) is 0 Å². The van der Waals surface area contributed by atoms with Crippen LogP contribution in [-0.2, 0) is 0 Å². The zero-order chi connectivity index (χ0) is 12.3. The van der Waals surface area contributed by atoms with Gasteiger partial charge in [-0.1, -0.05) is 12.1 Å². The molecule has 17 heavy (non-hydrogen) atoms. The standard InChI is InChI=1S/C13H13N3O/c1-16(2)11-5-3-4-10(8-11)13(17)12-9-14-6-7-15-12/h3-9H,1-2H3. The van der Waals surface area contributed by atoms with E-state index in [0.717, 1.165) is 5.69 Å². The van der Waals surface area contributed by atoms with Crippen molar-refractivity contribution in [3.8, 4) is 0 Å². The number of hydrogen-bond acceptors (Lipinski definition) is 4. The molecule has 0 unspecified atom stereocenters. The van der Waals surface area contributed by atoms with Gasteiger partial charge in [-0.2, -0.15) is 0 Å². The highest BCUT2D eigenvalue weighted by Gasteiger charge is 2.11. The molecule has 0 saturated heterocycles. The first-order valence-corrected chi connectivity index (χ1v) is 5.26. The summed E-state index contributed by atoms with van der Waals surface area (Å²) in [5.74, 6) is -0.109. The maximum Gasteiger partial charge on any atom is 0.212 e. The molecular formula is C13H13N3O. The minimum absolute atomic E-state index is 0.109. The summed E-state index contributed by atoms with van der Waals surface area (Å²) in [4.78, 5) is 22.0. The molecule has 86 valence electrons. The van der Waals surface area contributed by atoms with E-state index in [0.29, 0.717) is 11.3 Å². The Hall–Kier alpha value is -2.23. The van der Waals surface area contributed by atoms with Gasteiger partial charge in [0.25, 0.3) is 0 Å². The third kappa shape index (κ3) is 2.47. The van der Waals surface area contributed by atoms with E-state index >= 15 is 0 Å². The summed E-state index contributed by atoms with van der Waals surface area (Å²) in [6, 6.07) is 7.44. The van der Waals surface area contributed by atoms with Crippen LogP contribution in [0.5, 0.6) is 0 Å². The molecule has 0 amide bonds. The zero-order valence-electron chi connectivity index (χ0n) is 9.79. The van der Waals surface area contributed by atoms with Crippen LogP contribution in [0.3, 0.4) is 0 Å². The van der Waals surface area contributed by atoms with Crippen LogP contribution in [0.4, 0.5) is 5.69 Å². The van der Waals surface area contributed by atoms with E-state index < -0.39 is 0 Å². The molecule has 0 spiro atoms. The first-order valence-electron chi connectivity index (χ1n) is 5.26. The Morgan fingerprint density at radius 1 is 1.24 bits per heavy atom. The van der Waals surface area contributed by atoms with Gasteiger partial charge >= 0.3 is 0 Å². The molecule has 0 radical (unpaired) electrons. The summed E-state index contributed by atoms with van der Waals surface area (Å²) in [5.41, 5.74) is 1.97. The summed E-state index contributed by atoms with van der Waals surface area (Å²) in [7, 11) is 3.87. The number of carbonyl (C=O) groups is 1. The van der Waals surface area contributed by atoms with E-state index in [-0.39, 0.29) is 5.78 Å². The largest absolute Gasteiger partial charge is 0.378 e. The van der Waals surface area contributed by atoms with Crippen LogP contribution in [0.2, 0.25) is 0 Å². The highest BCUT2D eigenvalue weighted by molar-refractivity contribution is 6.07. The molecule has 0 atom stereocenters. The molecule has 0 aliphatic rings. The summed E-state index contributed by atoms with van der Waals surface area (Å²) < 4.78 is 0. The van der Waals surface area contributed by atoms with Crippen molar-refractivity contribution >= 4 is 11.5 Å². The maximum absolute atomic E-state index is 12.1. The lowest BCUT2D eigenvalue weighted by atomic mass is 10.1. The second kappa shape index (κ2) is 4.74. The summed E-state index contributed by atoms with van der Waals surface area (Å²) >= 11 is 0. The normalized spacial score (nSPS) is 10.0. The van der Waals surface area contributed by atoms with Crippen molar-refractivity contribution in [1.29, 1.82) is 0 Å². The van der Waals surface area contributed by atoms with Gasteiger partial charge in [-0.05, 0) is 12.1 Å². The van der Waals surface area contributed by atoms with Crippen LogP contribution in [0.25, 0.3) is 0 Å². The fraction of sp³-hybridized carbons (Fsp3) is 0.154. The van der Waals surface area contributed by atoms with E-state index in [9.17, 15) is 4.79 Å². The SMILES string of the molecule is CN(C)c1cccc(C(=O)c2cnccn2)c1. The first kappa shape index (κ1) is 11.3. The fourth-order valence-electron chi connectivity index (χ4n) is 1.49. The van der Waals surface area contributed by atoms with E-state index in [1.807, 2.05) is 37.2 Å². The van der Waals surface area contributed by atoms with E-state index in [4.69, 9.17) is 0 Å². The van der Waals surface area contributed by atoms with Crippen molar-refractivity contribution in [1.82, 2.24) is 9.97 Å². The summed E-state index contributed by atoms with van der Waals surface area (Å²) in [6.45, 7) is 0. The highest BCUT2D eigenvalue weighted by Crippen LogP contribution is 2.15. The molecule has 1 heterocycles. The van der Waals surface area contributed by atoms with Crippen LogP contribution >= 0.6 is 0 Å². The highest BCUT2D eigenvalue weighted by atomic mass is 16.1. The van der Waals surface area contributed by atoms with Crippen LogP contribution in [0.1, 0.15) is 16.1 Å². The lowest BCUT2D eigenvalue weighted by molar-refractivity contribution is 0.103. The average molecular weight is 227 g/mol. The van der Waals surface area contributed by atoms with Crippen molar-refractivity contribution in [3.63, 3.8) is 0 Å². The fourth-order valence-corrected chi connectivity index (χ4v) is 1.49. The van der Waals surface area contributed by atoms with Crippen molar-refractivity contribution in [2.75, 3.05) is 19.0 Å². The zero-order valence-corrected chi connectivity index (χ0v) is 9.79. The Kier molecular flexibility index (Phi) is 3.14. The second-order valence-corrected chi connectivity index (χ2v) is 3.86. The van der Waals surface area contributed by atoms with E-state index in [1.165, 1.54) is 12.4 Å². The molecule has 0 N–H and O–H groups in total. The third-order valence-corrected chi connectivity index (χ3v) is 2.42. The predicted octanol–water partition coefficient (Wildman–Crippen LogP) is 1.77. The van der Waals surface area contributed by atoms with Gasteiger partial charge in [0.05, 0.1) is 6.20 Å². The van der Waals surface area contributed by atoms with Crippen LogP contribution < -0.4 is 4.90 Å². The molecule has 1 aromatic carbocycles. The Balaban J connectivity index is 2.35. The number of aromatic nitrogens is 2. The molecule has 0 bridgehead atoms. The number of hydrogen-bond donors (Lipinski definition) is 0. The number of benzene rings is 1. The maximum atomic E-state index is 12.1. The molecular weight excluding hydrogens is 214 g/mol. The summed E-state index contributed by atoms with van der Waals surface area (Å²) in [6.07, 6.45) is 4.54. The lowest BCUT2D eigenvalue weighted by Crippen LogP contribution is -2.10. The van der Waals surface area contributed by atoms with E-state index in [2.05, 4.69) is 9.97 Å². The van der Waals surface area contributed by atoms with Crippen molar-refractivity contribution in [2.24, 2.45) is 0 Å². The second-order valence-electron chi connectivity index (χ2n) is 3.86. The topological polar surface area (TPSA) is 46.1 Å². The third-order valence-electron chi connectivity index (χ3n) is 2.42. The molecule has 0 aliphatic heterocycles. The van der Waals surface area contributed by atoms with Gasteiger partial charge in [0, 0.05) is 37.7 Å². The number of nitrogens with zero attached hydrogens (tertiary/aromatic N) is 3. The van der Waals surface area contributed by atoms with Crippen molar-refractivity contribution < 1.29 is 4.79 Å². The quantitative estimate of drug-likeness (QED) is 0.750. The van der Waals surface area contributed by atoms with Crippen LogP contribution in [-0.4, -0.2) is 29.8 Å². The van der Waals surface area contributed by atoms with Gasteiger partial charge in [0.15, 0.2) is 0 Å². The summed E-state index contributed by atoms with van der Waals surface area (Å²) in [5, 5.41) is 0. The monoisotopic (exact) mass is 227 g/mol. The van der Waals surface area contributed by atoms with Crippen molar-refractivity contribution in [2.45, 2.75) is 0 Å². The molecule has 0 saturated carbocycles. The smallest absolute Gasteiger partial charge is 0.212 e. The number of anilines is 1. The van der Waals surface area contributed by atoms with Gasteiger partial charge in [-0.3, -0.25) is 9.78 Å². The first-order chi connectivity index (χ1) is 8.18. The lowest BCUT2D eigenvalue weighted by Gasteiger charge is -2.12. The molecule has 4 nitrogen and oxygen atoms in total. The molecule has 2 aromatic rings. The molecule has 0 fully saturated rings. The molecule has 4 heteroatoms. The van der Waals surface area contributed by atoms with Crippen molar-refractivity contribution in [3.05, 3.63) is 54.1 Å². The minimum atomic E-state index is -0.109. The van der Waals surface area contributed by atoms with Gasteiger partial charge < -0.3 is 4.90 Å². The Bertz CT molecular complexity index is 523. The van der Waals surface area contributed by atoms with Gasteiger partial charge in [0.1, 0.15) is 5.69 Å². The Labute approximate surface area is 99.9 Å². The minimum Gasteiger partial charge on any atom is -0.378 e. The van der Waals surface area contributed by atoms with Gasteiger partial charge in [0.2, 0.25) is 5.78 Å². The van der Waals surface area contributed by atoms with Gasteiger partial charge in [-0.25, -0.2) is 4.98 Å². The van der Waals surface area contributed by atoms with Crippen LogP contribution in [0.15, 0.2) is 42.9 Å². The molecule has 1 aromatic heterocycles. The number of carbonyl (C=O) groups excluding carboxylic acids is 1. The Morgan fingerprint density at radius 2 is 2.06 bits per heavy atom.